The monoisotopic (exact) mass is 298 g/mol. The molecule has 1 aromatic heterocycles. The molecule has 20 heavy (non-hydrogen) atoms. The normalized spacial score (nSPS) is 11.7. The van der Waals surface area contributed by atoms with Crippen molar-refractivity contribution in [2.24, 2.45) is 0 Å². The molecule has 0 fully saturated rings. The smallest absolute Gasteiger partial charge is 0.326 e. The zero-order valence-electron chi connectivity index (χ0n) is 11.4. The van der Waals surface area contributed by atoms with E-state index in [9.17, 15) is 14.4 Å². The van der Waals surface area contributed by atoms with Crippen molar-refractivity contribution < 1.29 is 19.5 Å². The first kappa shape index (κ1) is 16.2. The maximum atomic E-state index is 11.9. The number of aliphatic carboxylic acids is 1. The van der Waals surface area contributed by atoms with Gasteiger partial charge in [-0.25, -0.2) is 4.79 Å². The Labute approximate surface area is 121 Å². The Morgan fingerprint density at radius 2 is 2.05 bits per heavy atom. The molecular weight excluding hydrogens is 280 g/mol. The minimum Gasteiger partial charge on any atom is -0.480 e. The Hall–Kier alpha value is -1.89. The Kier molecular flexibility index (Phi) is 6.17. The van der Waals surface area contributed by atoms with Crippen LogP contribution in [0.2, 0.25) is 0 Å². The van der Waals surface area contributed by atoms with Crippen molar-refractivity contribution in [1.29, 1.82) is 0 Å². The van der Waals surface area contributed by atoms with Gasteiger partial charge in [0.2, 0.25) is 5.91 Å². The summed E-state index contributed by atoms with van der Waals surface area (Å²) < 4.78 is 0. The fourth-order valence-electron chi connectivity index (χ4n) is 1.60. The number of nitrogens with one attached hydrogen (secondary N) is 2. The Bertz CT molecular complexity index is 498. The molecule has 1 heterocycles. The quantitative estimate of drug-likeness (QED) is 0.718. The van der Waals surface area contributed by atoms with Gasteiger partial charge < -0.3 is 15.7 Å². The first-order chi connectivity index (χ1) is 9.43. The molecule has 1 unspecified atom stereocenters. The SMILES string of the molecule is CCCCC(NC(=O)c1ccc(NC(C)=O)s1)C(=O)O. The van der Waals surface area contributed by atoms with Gasteiger partial charge in [0, 0.05) is 6.92 Å². The number of hydrogen-bond donors (Lipinski definition) is 3. The van der Waals surface area contributed by atoms with E-state index in [0.717, 1.165) is 24.2 Å². The Balaban J connectivity index is 2.66. The third kappa shape index (κ3) is 5.00. The van der Waals surface area contributed by atoms with Crippen LogP contribution in [0.3, 0.4) is 0 Å². The van der Waals surface area contributed by atoms with Gasteiger partial charge in [-0.15, -0.1) is 11.3 Å². The van der Waals surface area contributed by atoms with E-state index in [1.165, 1.54) is 6.92 Å². The lowest BCUT2D eigenvalue weighted by atomic mass is 10.1. The summed E-state index contributed by atoms with van der Waals surface area (Å²) in [6, 6.07) is 2.29. The highest BCUT2D eigenvalue weighted by Crippen LogP contribution is 2.21. The second-order valence-electron chi connectivity index (χ2n) is 4.35. The molecule has 3 N–H and O–H groups in total. The van der Waals surface area contributed by atoms with Crippen LogP contribution in [0.4, 0.5) is 5.00 Å². The molecule has 0 spiro atoms. The molecule has 2 amide bonds. The minimum atomic E-state index is -1.04. The summed E-state index contributed by atoms with van der Waals surface area (Å²) in [5.41, 5.74) is 0. The molecule has 7 heteroatoms. The highest BCUT2D eigenvalue weighted by molar-refractivity contribution is 7.18. The first-order valence-corrected chi connectivity index (χ1v) is 7.16. The van der Waals surface area contributed by atoms with Crippen molar-refractivity contribution in [3.63, 3.8) is 0 Å². The second-order valence-corrected chi connectivity index (χ2v) is 5.44. The molecule has 110 valence electrons. The number of anilines is 1. The van der Waals surface area contributed by atoms with Crippen LogP contribution in [0.25, 0.3) is 0 Å². The minimum absolute atomic E-state index is 0.217. The predicted molar refractivity (Wildman–Crippen MR) is 77.0 cm³/mol. The number of thiophene rings is 1. The molecule has 0 aromatic carbocycles. The van der Waals surface area contributed by atoms with Crippen LogP contribution in [0, 0.1) is 0 Å². The van der Waals surface area contributed by atoms with Crippen LogP contribution in [0.1, 0.15) is 42.8 Å². The lowest BCUT2D eigenvalue weighted by Gasteiger charge is -2.13. The lowest BCUT2D eigenvalue weighted by molar-refractivity contribution is -0.139. The van der Waals surface area contributed by atoms with Crippen molar-refractivity contribution in [2.75, 3.05) is 5.32 Å². The van der Waals surface area contributed by atoms with Crippen LogP contribution < -0.4 is 10.6 Å². The summed E-state index contributed by atoms with van der Waals surface area (Å²) in [5, 5.41) is 14.7. The van der Waals surface area contributed by atoms with E-state index >= 15 is 0 Å². The zero-order chi connectivity index (χ0) is 15.1. The Morgan fingerprint density at radius 1 is 1.35 bits per heavy atom. The molecule has 0 saturated heterocycles. The maximum Gasteiger partial charge on any atom is 0.326 e. The van der Waals surface area contributed by atoms with E-state index in [4.69, 9.17) is 5.11 Å². The number of carboxylic acid groups (broad SMARTS) is 1. The van der Waals surface area contributed by atoms with E-state index in [1.54, 1.807) is 12.1 Å². The topological polar surface area (TPSA) is 95.5 Å². The first-order valence-electron chi connectivity index (χ1n) is 6.35. The molecule has 1 rings (SSSR count). The molecule has 1 atom stereocenters. The molecule has 1 aromatic rings. The molecule has 0 bridgehead atoms. The van der Waals surface area contributed by atoms with Gasteiger partial charge in [-0.1, -0.05) is 19.8 Å². The van der Waals surface area contributed by atoms with Crippen molar-refractivity contribution in [3.8, 4) is 0 Å². The average Bonchev–Trinajstić information content (AvgIpc) is 2.81. The van der Waals surface area contributed by atoms with Gasteiger partial charge in [0.05, 0.1) is 9.88 Å². The van der Waals surface area contributed by atoms with Gasteiger partial charge in [0.25, 0.3) is 5.91 Å². The fraction of sp³-hybridized carbons (Fsp3) is 0.462. The number of carbonyl (C=O) groups excluding carboxylic acids is 2. The number of unbranched alkanes of at least 4 members (excludes halogenated alkanes) is 1. The Morgan fingerprint density at radius 3 is 2.60 bits per heavy atom. The molecule has 6 nitrogen and oxygen atoms in total. The molecule has 0 aliphatic heterocycles. The largest absolute Gasteiger partial charge is 0.480 e. The van der Waals surface area contributed by atoms with Crippen molar-refractivity contribution in [1.82, 2.24) is 5.32 Å². The van der Waals surface area contributed by atoms with E-state index < -0.39 is 17.9 Å². The van der Waals surface area contributed by atoms with Crippen molar-refractivity contribution in [2.45, 2.75) is 39.2 Å². The summed E-state index contributed by atoms with van der Waals surface area (Å²) in [6.45, 7) is 3.34. The molecular formula is C13H18N2O4S. The van der Waals surface area contributed by atoms with Crippen LogP contribution in [-0.2, 0) is 9.59 Å². The second kappa shape index (κ2) is 7.64. The van der Waals surface area contributed by atoms with Crippen LogP contribution in [0.15, 0.2) is 12.1 Å². The van der Waals surface area contributed by atoms with Crippen LogP contribution in [0.5, 0.6) is 0 Å². The molecule has 0 aliphatic carbocycles. The van der Waals surface area contributed by atoms with Gasteiger partial charge in [0.15, 0.2) is 0 Å². The zero-order valence-corrected chi connectivity index (χ0v) is 12.3. The van der Waals surface area contributed by atoms with E-state index in [1.807, 2.05) is 6.92 Å². The molecule has 0 radical (unpaired) electrons. The van der Waals surface area contributed by atoms with Gasteiger partial charge in [-0.3, -0.25) is 9.59 Å². The summed E-state index contributed by atoms with van der Waals surface area (Å²) in [6.07, 6.45) is 2.01. The van der Waals surface area contributed by atoms with Crippen LogP contribution in [-0.4, -0.2) is 28.9 Å². The standard InChI is InChI=1S/C13H18N2O4S/c1-3-4-5-9(13(18)19)15-12(17)10-6-7-11(20-10)14-8(2)16/h6-7,9H,3-5H2,1-2H3,(H,14,16)(H,15,17)(H,18,19). The van der Waals surface area contributed by atoms with E-state index in [0.29, 0.717) is 16.3 Å². The summed E-state index contributed by atoms with van der Waals surface area (Å²) >= 11 is 1.11. The predicted octanol–water partition coefficient (Wildman–Crippen LogP) is 2.08. The highest BCUT2D eigenvalue weighted by atomic mass is 32.1. The lowest BCUT2D eigenvalue weighted by Crippen LogP contribution is -2.40. The number of amides is 2. The third-order valence-corrected chi connectivity index (χ3v) is 3.58. The fourth-order valence-corrected chi connectivity index (χ4v) is 2.45. The van der Waals surface area contributed by atoms with Crippen molar-refractivity contribution in [3.05, 3.63) is 17.0 Å². The average molecular weight is 298 g/mol. The van der Waals surface area contributed by atoms with E-state index in [2.05, 4.69) is 10.6 Å². The number of rotatable bonds is 7. The number of carbonyl (C=O) groups is 3. The van der Waals surface area contributed by atoms with Crippen LogP contribution >= 0.6 is 11.3 Å². The van der Waals surface area contributed by atoms with Gasteiger partial charge in [-0.05, 0) is 18.6 Å². The van der Waals surface area contributed by atoms with Gasteiger partial charge >= 0.3 is 5.97 Å². The highest BCUT2D eigenvalue weighted by Gasteiger charge is 2.20. The summed E-state index contributed by atoms with van der Waals surface area (Å²) in [5.74, 6) is -1.69. The summed E-state index contributed by atoms with van der Waals surface area (Å²) in [4.78, 5) is 34.3. The maximum absolute atomic E-state index is 11.9. The summed E-state index contributed by atoms with van der Waals surface area (Å²) in [7, 11) is 0. The van der Waals surface area contributed by atoms with Gasteiger partial charge in [-0.2, -0.15) is 0 Å². The molecule has 0 saturated carbocycles. The van der Waals surface area contributed by atoms with E-state index in [-0.39, 0.29) is 5.91 Å². The van der Waals surface area contributed by atoms with Gasteiger partial charge in [0.1, 0.15) is 6.04 Å². The molecule has 0 aliphatic rings. The third-order valence-electron chi connectivity index (χ3n) is 2.58. The number of hydrogen-bond acceptors (Lipinski definition) is 4. The van der Waals surface area contributed by atoms with Crippen molar-refractivity contribution >= 4 is 34.1 Å². The number of carboxylic acids is 1.